The van der Waals surface area contributed by atoms with E-state index in [4.69, 9.17) is 9.26 Å². The molecule has 0 amide bonds. The Balaban J connectivity index is 0.00000288. The van der Waals surface area contributed by atoms with Gasteiger partial charge in [-0.25, -0.2) is 0 Å². The molecule has 9 heteroatoms. The number of ether oxygens (including phenoxy) is 1. The summed E-state index contributed by atoms with van der Waals surface area (Å²) in [6, 6.07) is 5.73. The van der Waals surface area contributed by atoms with Crippen LogP contribution in [0.1, 0.15) is 12.7 Å². The van der Waals surface area contributed by atoms with Crippen LogP contribution in [-0.4, -0.2) is 54.4 Å². The quantitative estimate of drug-likeness (QED) is 0.378. The van der Waals surface area contributed by atoms with Gasteiger partial charge in [-0.1, -0.05) is 11.2 Å². The molecule has 0 spiro atoms. The van der Waals surface area contributed by atoms with Crippen molar-refractivity contribution in [3.8, 4) is 11.6 Å². The Kier molecular flexibility index (Phi) is 9.23. The molecule has 0 aliphatic rings. The molecular weight excluding hydrogens is 423 g/mol. The molecule has 2 aromatic heterocycles. The van der Waals surface area contributed by atoms with Crippen molar-refractivity contribution in [3.05, 3.63) is 30.2 Å². The number of rotatable bonds is 7. The average molecular weight is 446 g/mol. The average Bonchev–Trinajstić information content (AvgIpc) is 3.04. The van der Waals surface area contributed by atoms with Crippen LogP contribution in [0.3, 0.4) is 0 Å². The first kappa shape index (κ1) is 20.3. The number of aliphatic imine (C=N–C) groups is 1. The van der Waals surface area contributed by atoms with Crippen molar-refractivity contribution in [2.75, 3.05) is 27.3 Å². The second-order valence-corrected chi connectivity index (χ2v) is 4.98. The molecule has 0 aliphatic heterocycles. The molecule has 0 fully saturated rings. The van der Waals surface area contributed by atoms with Gasteiger partial charge in [-0.05, 0) is 19.1 Å². The van der Waals surface area contributed by atoms with E-state index in [0.717, 1.165) is 0 Å². The molecule has 1 unspecified atom stereocenters. The standard InChI is InChI=1S/C15H22N6O2.HI/c1-11(10-22-3)19-15(16-2)18-9-7-13-20-14(23-21-13)12-6-4-5-8-17-12;/h4-6,8,11H,7,9-10H2,1-3H3,(H2,16,18,19);1H. The number of guanidine groups is 1. The van der Waals surface area contributed by atoms with Crippen molar-refractivity contribution >= 4 is 29.9 Å². The summed E-state index contributed by atoms with van der Waals surface area (Å²) in [6.07, 6.45) is 2.31. The fourth-order valence-electron chi connectivity index (χ4n) is 1.96. The molecule has 2 rings (SSSR count). The van der Waals surface area contributed by atoms with Gasteiger partial charge in [0.15, 0.2) is 11.8 Å². The van der Waals surface area contributed by atoms with Gasteiger partial charge in [0, 0.05) is 39.4 Å². The molecule has 24 heavy (non-hydrogen) atoms. The van der Waals surface area contributed by atoms with Crippen LogP contribution >= 0.6 is 24.0 Å². The lowest BCUT2D eigenvalue weighted by Gasteiger charge is -2.16. The minimum absolute atomic E-state index is 0. The molecule has 0 aliphatic carbocycles. The van der Waals surface area contributed by atoms with E-state index in [9.17, 15) is 0 Å². The van der Waals surface area contributed by atoms with Crippen LogP contribution < -0.4 is 10.6 Å². The van der Waals surface area contributed by atoms with Gasteiger partial charge in [-0.3, -0.25) is 9.98 Å². The van der Waals surface area contributed by atoms with E-state index < -0.39 is 0 Å². The van der Waals surface area contributed by atoms with Gasteiger partial charge in [0.25, 0.3) is 5.89 Å². The lowest BCUT2D eigenvalue weighted by molar-refractivity contribution is 0.179. The number of nitrogens with one attached hydrogen (secondary N) is 2. The topological polar surface area (TPSA) is 97.5 Å². The molecule has 0 bridgehead atoms. The Morgan fingerprint density at radius 3 is 2.92 bits per heavy atom. The maximum Gasteiger partial charge on any atom is 0.276 e. The van der Waals surface area contributed by atoms with Crippen LogP contribution in [0.5, 0.6) is 0 Å². The van der Waals surface area contributed by atoms with E-state index in [1.165, 1.54) is 0 Å². The number of aromatic nitrogens is 3. The van der Waals surface area contributed by atoms with E-state index in [1.54, 1.807) is 20.4 Å². The lowest BCUT2D eigenvalue weighted by Crippen LogP contribution is -2.44. The van der Waals surface area contributed by atoms with E-state index in [2.05, 4.69) is 30.8 Å². The van der Waals surface area contributed by atoms with Crippen molar-refractivity contribution in [1.29, 1.82) is 0 Å². The number of nitrogens with zero attached hydrogens (tertiary/aromatic N) is 4. The molecule has 132 valence electrons. The van der Waals surface area contributed by atoms with Crippen molar-refractivity contribution in [3.63, 3.8) is 0 Å². The fraction of sp³-hybridized carbons (Fsp3) is 0.467. The predicted octanol–water partition coefficient (Wildman–Crippen LogP) is 1.49. The Hall–Kier alpha value is -1.75. The van der Waals surface area contributed by atoms with Gasteiger partial charge in [0.1, 0.15) is 5.69 Å². The largest absolute Gasteiger partial charge is 0.383 e. The van der Waals surface area contributed by atoms with Gasteiger partial charge in [0.2, 0.25) is 0 Å². The molecule has 2 aromatic rings. The summed E-state index contributed by atoms with van der Waals surface area (Å²) in [5.74, 6) is 1.76. The normalized spacial score (nSPS) is 12.4. The van der Waals surface area contributed by atoms with Crippen molar-refractivity contribution in [2.24, 2.45) is 4.99 Å². The zero-order chi connectivity index (χ0) is 16.5. The summed E-state index contributed by atoms with van der Waals surface area (Å²) < 4.78 is 10.3. The maximum absolute atomic E-state index is 5.22. The Labute approximate surface area is 158 Å². The number of methoxy groups -OCH3 is 1. The monoisotopic (exact) mass is 446 g/mol. The molecule has 0 saturated heterocycles. The van der Waals surface area contributed by atoms with Gasteiger partial charge < -0.3 is 19.9 Å². The second kappa shape index (κ2) is 10.9. The second-order valence-electron chi connectivity index (χ2n) is 4.98. The third kappa shape index (κ3) is 6.40. The van der Waals surface area contributed by atoms with Crippen LogP contribution in [0.2, 0.25) is 0 Å². The highest BCUT2D eigenvalue weighted by molar-refractivity contribution is 14.0. The first-order valence-electron chi connectivity index (χ1n) is 7.43. The summed E-state index contributed by atoms with van der Waals surface area (Å²) in [7, 11) is 3.40. The van der Waals surface area contributed by atoms with Gasteiger partial charge >= 0.3 is 0 Å². The molecule has 0 saturated carbocycles. The van der Waals surface area contributed by atoms with Gasteiger partial charge in [-0.2, -0.15) is 4.98 Å². The Morgan fingerprint density at radius 2 is 2.25 bits per heavy atom. The Bertz CT molecular complexity index is 619. The van der Waals surface area contributed by atoms with Crippen LogP contribution in [0.15, 0.2) is 33.9 Å². The minimum atomic E-state index is 0. The third-order valence-electron chi connectivity index (χ3n) is 3.02. The third-order valence-corrected chi connectivity index (χ3v) is 3.02. The lowest BCUT2D eigenvalue weighted by atomic mass is 10.3. The SMILES string of the molecule is CN=C(NCCc1noc(-c2ccccn2)n1)NC(C)COC.I. The van der Waals surface area contributed by atoms with Crippen LogP contribution in [0.4, 0.5) is 0 Å². The number of halogens is 1. The van der Waals surface area contributed by atoms with Gasteiger partial charge in [0.05, 0.1) is 6.61 Å². The molecular formula is C15H23IN6O2. The highest BCUT2D eigenvalue weighted by Crippen LogP contribution is 2.12. The van der Waals surface area contributed by atoms with E-state index in [-0.39, 0.29) is 30.0 Å². The molecule has 8 nitrogen and oxygen atoms in total. The zero-order valence-corrected chi connectivity index (χ0v) is 16.4. The van der Waals surface area contributed by atoms with Crippen molar-refractivity contribution in [2.45, 2.75) is 19.4 Å². The first-order valence-corrected chi connectivity index (χ1v) is 7.43. The smallest absolute Gasteiger partial charge is 0.276 e. The zero-order valence-electron chi connectivity index (χ0n) is 14.0. The molecule has 0 radical (unpaired) electrons. The highest BCUT2D eigenvalue weighted by Gasteiger charge is 2.10. The maximum atomic E-state index is 5.22. The molecule has 2 N–H and O–H groups in total. The van der Waals surface area contributed by atoms with Crippen LogP contribution in [-0.2, 0) is 11.2 Å². The Morgan fingerprint density at radius 1 is 1.42 bits per heavy atom. The summed E-state index contributed by atoms with van der Waals surface area (Å²) in [5.41, 5.74) is 0.671. The summed E-state index contributed by atoms with van der Waals surface area (Å²) in [4.78, 5) is 12.7. The summed E-state index contributed by atoms with van der Waals surface area (Å²) in [6.45, 7) is 3.27. The molecule has 1 atom stereocenters. The van der Waals surface area contributed by atoms with Crippen molar-refractivity contribution in [1.82, 2.24) is 25.8 Å². The minimum Gasteiger partial charge on any atom is -0.383 e. The number of hydrogen-bond acceptors (Lipinski definition) is 6. The van der Waals surface area contributed by atoms with Crippen LogP contribution in [0, 0.1) is 0 Å². The number of pyridine rings is 1. The van der Waals surface area contributed by atoms with E-state index >= 15 is 0 Å². The van der Waals surface area contributed by atoms with E-state index in [0.29, 0.717) is 42.9 Å². The van der Waals surface area contributed by atoms with Gasteiger partial charge in [-0.15, -0.1) is 24.0 Å². The van der Waals surface area contributed by atoms with Crippen molar-refractivity contribution < 1.29 is 9.26 Å². The molecule has 0 aromatic carbocycles. The summed E-state index contributed by atoms with van der Waals surface area (Å²) in [5, 5.41) is 10.4. The summed E-state index contributed by atoms with van der Waals surface area (Å²) >= 11 is 0. The first-order chi connectivity index (χ1) is 11.2. The van der Waals surface area contributed by atoms with E-state index in [1.807, 2.05) is 25.1 Å². The highest BCUT2D eigenvalue weighted by atomic mass is 127. The van der Waals surface area contributed by atoms with Crippen LogP contribution in [0.25, 0.3) is 11.6 Å². The molecule has 2 heterocycles. The number of hydrogen-bond donors (Lipinski definition) is 2. The fourth-order valence-corrected chi connectivity index (χ4v) is 1.96. The predicted molar refractivity (Wildman–Crippen MR) is 102 cm³/mol.